The molecule has 0 amide bonds. The van der Waals surface area contributed by atoms with Gasteiger partial charge in [0.15, 0.2) is 0 Å². The van der Waals surface area contributed by atoms with Crippen LogP contribution in [0.3, 0.4) is 0 Å². The first-order chi connectivity index (χ1) is 5.21. The molecular weight excluding hydrogens is 182 g/mol. The minimum Gasteiger partial charge on any atom is -0.0563 e. The molecule has 0 radical (unpaired) electrons. The molecule has 0 spiro atoms. The maximum atomic E-state index is 2.36. The largest absolute Gasteiger partial charge is 0.0563 e. The molecule has 0 aromatic carbocycles. The lowest BCUT2D eigenvalue weighted by Crippen LogP contribution is -2.04. The second kappa shape index (κ2) is 4.54. The van der Waals surface area contributed by atoms with E-state index >= 15 is 0 Å². The smallest absolute Gasteiger partial charge is 0.0154 e. The summed E-state index contributed by atoms with van der Waals surface area (Å²) in [7, 11) is 2.83. The Morgan fingerprint density at radius 2 is 0.917 bits per heavy atom. The Kier molecular flexibility index (Phi) is 4.67. The Hall–Kier alpha value is 0.340. The van der Waals surface area contributed by atoms with Crippen molar-refractivity contribution in [1.82, 2.24) is 0 Å². The maximum absolute atomic E-state index is 2.36. The summed E-state index contributed by atoms with van der Waals surface area (Å²) >= 11 is 0. The molecule has 0 aromatic rings. The molecule has 0 rings (SSSR count). The summed E-state index contributed by atoms with van der Waals surface area (Å²) in [6.07, 6.45) is 0. The summed E-state index contributed by atoms with van der Waals surface area (Å²) in [5, 5.41) is 0. The lowest BCUT2D eigenvalue weighted by Gasteiger charge is -2.11. The van der Waals surface area contributed by atoms with E-state index in [9.17, 15) is 0 Å². The summed E-state index contributed by atoms with van der Waals surface area (Å²) in [6, 6.07) is 0. The van der Waals surface area contributed by atoms with Crippen LogP contribution in [0.1, 0.15) is 41.5 Å². The topological polar surface area (TPSA) is 0 Å². The zero-order valence-electron chi connectivity index (χ0n) is 9.05. The van der Waals surface area contributed by atoms with Crippen LogP contribution in [0, 0.1) is 10.8 Å². The van der Waals surface area contributed by atoms with E-state index in [-0.39, 0.29) is 0 Å². The summed E-state index contributed by atoms with van der Waals surface area (Å²) in [5.41, 5.74) is 0.723. The highest BCUT2D eigenvalue weighted by Crippen LogP contribution is 2.25. The van der Waals surface area contributed by atoms with Gasteiger partial charge in [-0.15, -0.1) is 0 Å². The first-order valence-electron chi connectivity index (χ1n) is 4.29. The van der Waals surface area contributed by atoms with Crippen molar-refractivity contribution in [3.63, 3.8) is 0 Å². The first kappa shape index (κ1) is 12.3. The van der Waals surface area contributed by atoms with E-state index in [0.717, 1.165) is 0 Å². The van der Waals surface area contributed by atoms with Gasteiger partial charge in [-0.2, -0.15) is 0 Å². The van der Waals surface area contributed by atoms with Gasteiger partial charge in [0.1, 0.15) is 0 Å². The highest BCUT2D eigenvalue weighted by Gasteiger charge is 2.04. The van der Waals surface area contributed by atoms with E-state index in [2.05, 4.69) is 53.1 Å². The minimum atomic E-state index is 0.361. The molecule has 0 bridgehead atoms. The number of hydrogen-bond donors (Lipinski definition) is 0. The van der Waals surface area contributed by atoms with Gasteiger partial charge in [0.2, 0.25) is 0 Å². The van der Waals surface area contributed by atoms with E-state index in [4.69, 9.17) is 0 Å². The predicted molar refractivity (Wildman–Crippen MR) is 64.9 cm³/mol. The molecule has 0 saturated carbocycles. The predicted octanol–water partition coefficient (Wildman–Crippen LogP) is 4.49. The Labute approximate surface area is 80.3 Å². The third kappa shape index (κ3) is 10.3. The molecule has 0 unspecified atom stereocenters. The summed E-state index contributed by atoms with van der Waals surface area (Å²) in [4.78, 5) is 0. The molecule has 0 aromatic heterocycles. The molecule has 0 nitrogen and oxygen atoms in total. The third-order valence-corrected chi connectivity index (χ3v) is 3.96. The van der Waals surface area contributed by atoms with Gasteiger partial charge in [-0.1, -0.05) is 41.5 Å². The Bertz CT molecular complexity index is 155. The van der Waals surface area contributed by atoms with Crippen LogP contribution in [0.15, 0.2) is 0 Å². The van der Waals surface area contributed by atoms with E-state index in [0.29, 0.717) is 10.8 Å². The summed E-state index contributed by atoms with van der Waals surface area (Å²) in [6.45, 7) is 13.5. The molecular formula is C10H20P2. The van der Waals surface area contributed by atoms with E-state index in [1.165, 1.54) is 15.8 Å². The van der Waals surface area contributed by atoms with Gasteiger partial charge in [0.05, 0.1) is 0 Å². The fourth-order valence-corrected chi connectivity index (χ4v) is 3.72. The minimum absolute atomic E-state index is 0.361. The maximum Gasteiger partial charge on any atom is -0.0154 e. The Morgan fingerprint density at radius 3 is 1.08 bits per heavy atom. The molecule has 0 aliphatic heterocycles. The van der Waals surface area contributed by atoms with Gasteiger partial charge in [-0.25, -0.2) is 0 Å². The monoisotopic (exact) mass is 202 g/mol. The fourth-order valence-electron chi connectivity index (χ4n) is 0.413. The Balaban J connectivity index is 4.00. The van der Waals surface area contributed by atoms with Gasteiger partial charge < -0.3 is 0 Å². The summed E-state index contributed by atoms with van der Waals surface area (Å²) < 4.78 is 0. The fraction of sp³-hybridized carbons (Fsp3) is 0.800. The van der Waals surface area contributed by atoms with Crippen LogP contribution in [0.4, 0.5) is 0 Å². The molecule has 0 saturated heterocycles. The van der Waals surface area contributed by atoms with E-state index in [1.807, 2.05) is 0 Å². The number of hydrogen-bond acceptors (Lipinski definition) is 0. The van der Waals surface area contributed by atoms with Crippen molar-refractivity contribution in [3.05, 3.63) is 0 Å². The molecule has 0 aliphatic rings. The van der Waals surface area contributed by atoms with Crippen molar-refractivity contribution in [2.75, 3.05) is 0 Å². The highest BCUT2D eigenvalue weighted by atomic mass is 32.0. The van der Waals surface area contributed by atoms with Gasteiger partial charge in [-0.05, 0) is 38.2 Å². The van der Waals surface area contributed by atoms with Crippen molar-refractivity contribution in [1.29, 1.82) is 0 Å². The molecule has 12 heavy (non-hydrogen) atoms. The van der Waals surface area contributed by atoms with Crippen molar-refractivity contribution < 1.29 is 0 Å². The lowest BCUT2D eigenvalue weighted by molar-refractivity contribution is 0.614. The molecule has 0 aliphatic carbocycles. The Morgan fingerprint density at radius 1 is 0.667 bits per heavy atom. The standard InChI is InChI=1S/C10H20P2/c1-9(2,3)7-11-12-8-10(4,5)6/h7-8H,1-6H3. The highest BCUT2D eigenvalue weighted by molar-refractivity contribution is 8.09. The van der Waals surface area contributed by atoms with Crippen molar-refractivity contribution in [2.45, 2.75) is 41.5 Å². The van der Waals surface area contributed by atoms with Crippen molar-refractivity contribution in [3.8, 4) is 0 Å². The average molecular weight is 202 g/mol. The lowest BCUT2D eigenvalue weighted by atomic mass is 10.0. The van der Waals surface area contributed by atoms with Crippen LogP contribution < -0.4 is 0 Å². The molecule has 2 heteroatoms. The molecule has 70 valence electrons. The average Bonchev–Trinajstić information content (AvgIpc) is 1.76. The van der Waals surface area contributed by atoms with Crippen molar-refractivity contribution in [2.24, 2.45) is 10.8 Å². The van der Waals surface area contributed by atoms with E-state index < -0.39 is 0 Å². The van der Waals surface area contributed by atoms with Gasteiger partial charge in [0, 0.05) is 0 Å². The van der Waals surface area contributed by atoms with Crippen LogP contribution in [0.2, 0.25) is 0 Å². The second-order valence-corrected chi connectivity index (χ2v) is 7.59. The normalized spacial score (nSPS) is 14.8. The van der Waals surface area contributed by atoms with E-state index in [1.54, 1.807) is 0 Å². The van der Waals surface area contributed by atoms with Gasteiger partial charge >= 0.3 is 0 Å². The SMILES string of the molecule is CC(C)(C)C=PP=CC(C)(C)C. The third-order valence-electron chi connectivity index (χ3n) is 0.957. The zero-order chi connectivity index (χ0) is 9.83. The van der Waals surface area contributed by atoms with Crippen LogP contribution in [0.25, 0.3) is 0 Å². The first-order valence-corrected chi connectivity index (χ1v) is 6.93. The second-order valence-electron chi connectivity index (χ2n) is 5.22. The molecule has 0 heterocycles. The van der Waals surface area contributed by atoms with Crippen molar-refractivity contribution >= 4 is 27.4 Å². The molecule has 0 N–H and O–H groups in total. The van der Waals surface area contributed by atoms with Gasteiger partial charge in [0.25, 0.3) is 0 Å². The molecule has 0 atom stereocenters. The number of rotatable bonds is 1. The van der Waals surface area contributed by atoms with Crippen LogP contribution >= 0.6 is 15.8 Å². The zero-order valence-corrected chi connectivity index (χ0v) is 10.8. The van der Waals surface area contributed by atoms with Crippen LogP contribution in [0.5, 0.6) is 0 Å². The van der Waals surface area contributed by atoms with Crippen LogP contribution in [-0.2, 0) is 0 Å². The quantitative estimate of drug-likeness (QED) is 0.549. The molecule has 0 fully saturated rings. The van der Waals surface area contributed by atoms with Gasteiger partial charge in [-0.3, -0.25) is 0 Å². The van der Waals surface area contributed by atoms with Crippen LogP contribution in [-0.4, -0.2) is 11.6 Å². The summed E-state index contributed by atoms with van der Waals surface area (Å²) in [5.74, 6) is 4.72.